The highest BCUT2D eigenvalue weighted by atomic mass is 16.5. The molecule has 0 spiro atoms. The van der Waals surface area contributed by atoms with Gasteiger partial charge in [-0.1, -0.05) is 33.1 Å². The lowest BCUT2D eigenvalue weighted by Crippen LogP contribution is -2.07. The van der Waals surface area contributed by atoms with Crippen molar-refractivity contribution in [2.24, 2.45) is 0 Å². The number of ether oxygens (including phenoxy) is 2. The maximum Gasteiger partial charge on any atom is 0.303 e. The molecule has 0 aromatic heterocycles. The molecule has 0 bridgehead atoms. The van der Waals surface area contributed by atoms with Gasteiger partial charge < -0.3 is 14.6 Å². The molecule has 0 saturated carbocycles. The van der Waals surface area contributed by atoms with Crippen molar-refractivity contribution >= 4 is 11.8 Å². The Kier molecular flexibility index (Phi) is 20.3. The summed E-state index contributed by atoms with van der Waals surface area (Å²) in [4.78, 5) is 20.4. The summed E-state index contributed by atoms with van der Waals surface area (Å²) >= 11 is 0. The molecule has 0 unspecified atom stereocenters. The van der Waals surface area contributed by atoms with E-state index in [9.17, 15) is 9.59 Å². The van der Waals surface area contributed by atoms with Crippen LogP contribution in [0, 0.1) is 0 Å². The maximum absolute atomic E-state index is 10.5. The van der Waals surface area contributed by atoms with E-state index in [2.05, 4.69) is 13.8 Å². The molecular weight excluding hydrogens is 272 g/mol. The van der Waals surface area contributed by atoms with Crippen molar-refractivity contribution in [1.82, 2.24) is 0 Å². The van der Waals surface area contributed by atoms with Gasteiger partial charge in [-0.25, -0.2) is 0 Å². The monoisotopic (exact) mass is 304 g/mol. The van der Waals surface area contributed by atoms with Crippen LogP contribution in [0.4, 0.5) is 0 Å². The second-order valence-electron chi connectivity index (χ2n) is 4.88. The smallest absolute Gasteiger partial charge is 0.303 e. The Morgan fingerprint density at radius 2 is 1.43 bits per heavy atom. The van der Waals surface area contributed by atoms with Crippen molar-refractivity contribution in [3.63, 3.8) is 0 Å². The average molecular weight is 304 g/mol. The number of rotatable bonds is 13. The fourth-order valence-electron chi connectivity index (χ4n) is 1.39. The summed E-state index contributed by atoms with van der Waals surface area (Å²) in [7, 11) is 0. The van der Waals surface area contributed by atoms with Gasteiger partial charge in [0.15, 0.2) is 0 Å². The fourth-order valence-corrected chi connectivity index (χ4v) is 1.39. The topological polar surface area (TPSA) is 72.8 Å². The molecule has 0 aromatic rings. The summed E-state index contributed by atoms with van der Waals surface area (Å²) in [6.07, 6.45) is 6.10. The van der Waals surface area contributed by atoms with Crippen LogP contribution in [0.2, 0.25) is 0 Å². The molecule has 5 heteroatoms. The molecule has 0 atom stereocenters. The van der Waals surface area contributed by atoms with Gasteiger partial charge >= 0.3 is 5.97 Å². The Balaban J connectivity index is 0. The first-order chi connectivity index (χ1) is 10.0. The predicted octanol–water partition coefficient (Wildman–Crippen LogP) is 3.45. The zero-order chi connectivity index (χ0) is 16.3. The number of hydrogen-bond donors (Lipinski definition) is 1. The first-order valence-corrected chi connectivity index (χ1v) is 7.91. The quantitative estimate of drug-likeness (QED) is 0.528. The fraction of sp³-hybridized carbons (Fsp3) is 0.875. The highest BCUT2D eigenvalue weighted by molar-refractivity contribution is 5.75. The minimum absolute atomic E-state index is 0.171. The minimum Gasteiger partial charge on any atom is -0.481 e. The van der Waals surface area contributed by atoms with E-state index in [-0.39, 0.29) is 5.78 Å². The molecule has 0 aliphatic rings. The van der Waals surface area contributed by atoms with Crippen molar-refractivity contribution in [2.75, 3.05) is 26.4 Å². The summed E-state index contributed by atoms with van der Waals surface area (Å²) in [5, 5.41) is 8.21. The molecule has 0 aliphatic heterocycles. The second kappa shape index (κ2) is 19.1. The number of carboxylic acid groups (broad SMARTS) is 1. The number of Topliss-reactive ketones (excluding diaryl/α,β-unsaturated/α-hetero) is 1. The average Bonchev–Trinajstić information content (AvgIpc) is 2.43. The minimum atomic E-state index is -0.675. The predicted molar refractivity (Wildman–Crippen MR) is 83.6 cm³/mol. The molecule has 0 heterocycles. The number of aliphatic carboxylic acids is 1. The molecule has 0 rings (SSSR count). The van der Waals surface area contributed by atoms with Crippen molar-refractivity contribution in [3.8, 4) is 0 Å². The van der Waals surface area contributed by atoms with Crippen LogP contribution in [0.25, 0.3) is 0 Å². The van der Waals surface area contributed by atoms with Gasteiger partial charge in [0, 0.05) is 19.4 Å². The summed E-state index contributed by atoms with van der Waals surface area (Å²) in [5.41, 5.74) is 0. The number of ketones is 1. The Morgan fingerprint density at radius 3 is 1.90 bits per heavy atom. The molecule has 1 N–H and O–H groups in total. The Morgan fingerprint density at radius 1 is 0.810 bits per heavy atom. The second-order valence-corrected chi connectivity index (χ2v) is 4.88. The van der Waals surface area contributed by atoms with E-state index in [1.807, 2.05) is 0 Å². The normalized spacial score (nSPS) is 9.86. The van der Waals surface area contributed by atoms with E-state index >= 15 is 0 Å². The van der Waals surface area contributed by atoms with Gasteiger partial charge in [-0.15, -0.1) is 0 Å². The van der Waals surface area contributed by atoms with Crippen LogP contribution in [-0.4, -0.2) is 43.3 Å². The Labute approximate surface area is 129 Å². The third-order valence-corrected chi connectivity index (χ3v) is 2.56. The van der Waals surface area contributed by atoms with E-state index in [0.29, 0.717) is 32.7 Å². The van der Waals surface area contributed by atoms with Crippen molar-refractivity contribution < 1.29 is 24.2 Å². The van der Waals surface area contributed by atoms with Crippen molar-refractivity contribution in [3.05, 3.63) is 0 Å². The van der Waals surface area contributed by atoms with Crippen molar-refractivity contribution in [1.29, 1.82) is 0 Å². The van der Waals surface area contributed by atoms with Crippen LogP contribution in [0.1, 0.15) is 65.7 Å². The number of carbonyl (C=O) groups is 2. The van der Waals surface area contributed by atoms with Crippen LogP contribution in [0.15, 0.2) is 0 Å². The van der Waals surface area contributed by atoms with Gasteiger partial charge in [-0.05, 0) is 19.8 Å². The van der Waals surface area contributed by atoms with Gasteiger partial charge in [0.05, 0.1) is 19.8 Å². The highest BCUT2D eigenvalue weighted by Gasteiger charge is 1.94. The largest absolute Gasteiger partial charge is 0.481 e. The lowest BCUT2D eigenvalue weighted by atomic mass is 10.2. The van der Waals surface area contributed by atoms with Gasteiger partial charge in [0.2, 0.25) is 0 Å². The number of unbranched alkanes of at least 4 members (excludes halogenated alkanes) is 3. The first kappa shape index (κ1) is 22.3. The van der Waals surface area contributed by atoms with Crippen LogP contribution in [-0.2, 0) is 19.1 Å². The molecule has 126 valence electrons. The summed E-state index contributed by atoms with van der Waals surface area (Å²) in [6, 6.07) is 0. The molecular formula is C16H32O5. The van der Waals surface area contributed by atoms with E-state index < -0.39 is 5.97 Å². The lowest BCUT2D eigenvalue weighted by Gasteiger charge is -2.03. The molecule has 0 fully saturated rings. The SMILES string of the molecule is CCCCCCC(=O)O.CCCOCCOCCC(C)=O. The maximum atomic E-state index is 10.5. The van der Waals surface area contributed by atoms with Gasteiger partial charge in [-0.3, -0.25) is 9.59 Å². The van der Waals surface area contributed by atoms with Gasteiger partial charge in [-0.2, -0.15) is 0 Å². The van der Waals surface area contributed by atoms with Crippen LogP contribution in [0.3, 0.4) is 0 Å². The molecule has 0 amide bonds. The Bertz CT molecular complexity index is 241. The third-order valence-electron chi connectivity index (χ3n) is 2.56. The third kappa shape index (κ3) is 28.1. The number of carboxylic acids is 1. The molecule has 0 saturated heterocycles. The summed E-state index contributed by atoms with van der Waals surface area (Å²) < 4.78 is 10.3. The van der Waals surface area contributed by atoms with Crippen molar-refractivity contribution in [2.45, 2.75) is 65.7 Å². The zero-order valence-corrected chi connectivity index (χ0v) is 13.9. The van der Waals surface area contributed by atoms with Crippen LogP contribution >= 0.6 is 0 Å². The summed E-state index contributed by atoms with van der Waals surface area (Å²) in [5.74, 6) is -0.504. The zero-order valence-electron chi connectivity index (χ0n) is 13.9. The Hall–Kier alpha value is -0.940. The van der Waals surface area contributed by atoms with E-state index in [0.717, 1.165) is 32.3 Å². The van der Waals surface area contributed by atoms with E-state index in [4.69, 9.17) is 14.6 Å². The van der Waals surface area contributed by atoms with Crippen LogP contribution in [0.5, 0.6) is 0 Å². The summed E-state index contributed by atoms with van der Waals surface area (Å²) in [6.45, 7) is 8.27. The molecule has 0 aliphatic carbocycles. The standard InChI is InChI=1S/C9H18O3.C7H14O2/c1-3-5-11-7-8-12-6-4-9(2)10;1-2-3-4-5-6-7(8)9/h3-8H2,1-2H3;2-6H2,1H3,(H,8,9). The van der Waals surface area contributed by atoms with Crippen LogP contribution < -0.4 is 0 Å². The first-order valence-electron chi connectivity index (χ1n) is 7.91. The lowest BCUT2D eigenvalue weighted by molar-refractivity contribution is -0.137. The molecule has 0 aromatic carbocycles. The van der Waals surface area contributed by atoms with E-state index in [1.54, 1.807) is 6.92 Å². The van der Waals surface area contributed by atoms with E-state index in [1.165, 1.54) is 6.42 Å². The number of hydrogen-bond acceptors (Lipinski definition) is 4. The van der Waals surface area contributed by atoms with Gasteiger partial charge in [0.25, 0.3) is 0 Å². The molecule has 0 radical (unpaired) electrons. The number of carbonyl (C=O) groups excluding carboxylic acids is 1. The highest BCUT2D eigenvalue weighted by Crippen LogP contribution is 2.01. The van der Waals surface area contributed by atoms with Gasteiger partial charge in [0.1, 0.15) is 5.78 Å². The molecule has 21 heavy (non-hydrogen) atoms. The molecule has 5 nitrogen and oxygen atoms in total.